The Morgan fingerprint density at radius 1 is 1.32 bits per heavy atom. The molecule has 5 nitrogen and oxygen atoms in total. The lowest BCUT2D eigenvalue weighted by molar-refractivity contribution is -0.131. The molecule has 1 atom stereocenters. The molecule has 1 heterocycles. The first-order valence-electron chi connectivity index (χ1n) is 6.96. The maximum Gasteiger partial charge on any atom is 0.328 e. The minimum Gasteiger partial charge on any atom is -0.478 e. The summed E-state index contributed by atoms with van der Waals surface area (Å²) in [4.78, 5) is 24.9. The lowest BCUT2D eigenvalue weighted by Crippen LogP contribution is -2.40. The van der Waals surface area contributed by atoms with Crippen LogP contribution in [0.15, 0.2) is 11.6 Å². The summed E-state index contributed by atoms with van der Waals surface area (Å²) in [6.07, 6.45) is 5.32. The van der Waals surface area contributed by atoms with E-state index in [0.717, 1.165) is 50.8 Å². The Kier molecular flexibility index (Phi) is 4.58. The summed E-state index contributed by atoms with van der Waals surface area (Å²) in [5.41, 5.74) is 0.956. The zero-order chi connectivity index (χ0) is 13.8. The maximum atomic E-state index is 12.1. The van der Waals surface area contributed by atoms with Crippen molar-refractivity contribution in [2.24, 2.45) is 5.92 Å². The van der Waals surface area contributed by atoms with E-state index in [1.54, 1.807) is 0 Å². The van der Waals surface area contributed by atoms with Gasteiger partial charge in [0.05, 0.1) is 0 Å². The third-order valence-corrected chi connectivity index (χ3v) is 4.06. The number of likely N-dealkylation sites (N-methyl/N-ethyl adjacent to an activating group) is 1. The number of aliphatic carboxylic acids is 1. The van der Waals surface area contributed by atoms with E-state index < -0.39 is 5.97 Å². The molecule has 1 saturated carbocycles. The first-order valence-corrected chi connectivity index (χ1v) is 6.96. The number of carboxylic acid groups (broad SMARTS) is 1. The second kappa shape index (κ2) is 6.19. The number of carbonyl (C=O) groups is 2. The molecule has 0 aromatic carbocycles. The molecule has 1 aliphatic heterocycles. The number of nitrogens with one attached hydrogen (secondary N) is 1. The van der Waals surface area contributed by atoms with Crippen molar-refractivity contribution in [3.05, 3.63) is 11.6 Å². The number of hydrogen-bond donors (Lipinski definition) is 2. The van der Waals surface area contributed by atoms with Crippen LogP contribution < -0.4 is 5.32 Å². The lowest BCUT2D eigenvalue weighted by Gasteiger charge is -2.24. The molecule has 106 valence electrons. The van der Waals surface area contributed by atoms with Gasteiger partial charge in [-0.1, -0.05) is 5.57 Å². The van der Waals surface area contributed by atoms with Gasteiger partial charge < -0.3 is 15.3 Å². The average molecular weight is 266 g/mol. The van der Waals surface area contributed by atoms with Gasteiger partial charge in [-0.3, -0.25) is 4.79 Å². The Hall–Kier alpha value is -1.36. The Bertz CT molecular complexity index is 382. The second-order valence-electron chi connectivity index (χ2n) is 5.67. The lowest BCUT2D eigenvalue weighted by atomic mass is 9.85. The van der Waals surface area contributed by atoms with Crippen LogP contribution in [0.3, 0.4) is 0 Å². The van der Waals surface area contributed by atoms with Crippen molar-refractivity contribution in [3.63, 3.8) is 0 Å². The predicted molar refractivity (Wildman–Crippen MR) is 71.7 cm³/mol. The highest BCUT2D eigenvalue weighted by Crippen LogP contribution is 2.28. The van der Waals surface area contributed by atoms with Crippen molar-refractivity contribution in [1.82, 2.24) is 10.2 Å². The molecule has 0 bridgehead atoms. The molecule has 19 heavy (non-hydrogen) atoms. The second-order valence-corrected chi connectivity index (χ2v) is 5.67. The number of likely N-dealkylation sites (tertiary alicyclic amines) is 1. The topological polar surface area (TPSA) is 69.6 Å². The summed E-state index contributed by atoms with van der Waals surface area (Å²) < 4.78 is 0. The first-order chi connectivity index (χ1) is 9.04. The van der Waals surface area contributed by atoms with Gasteiger partial charge in [-0.2, -0.15) is 0 Å². The van der Waals surface area contributed by atoms with Crippen LogP contribution in [-0.2, 0) is 9.59 Å². The number of carbonyl (C=O) groups excluding carboxylic acids is 1. The molecule has 2 fully saturated rings. The van der Waals surface area contributed by atoms with Gasteiger partial charge in [0.1, 0.15) is 0 Å². The highest BCUT2D eigenvalue weighted by atomic mass is 16.4. The van der Waals surface area contributed by atoms with Crippen molar-refractivity contribution in [2.75, 3.05) is 20.1 Å². The van der Waals surface area contributed by atoms with E-state index >= 15 is 0 Å². The van der Waals surface area contributed by atoms with Crippen LogP contribution in [0.1, 0.15) is 32.1 Å². The summed E-state index contributed by atoms with van der Waals surface area (Å²) in [7, 11) is 2.07. The molecule has 0 radical (unpaired) electrons. The van der Waals surface area contributed by atoms with Crippen molar-refractivity contribution >= 4 is 11.9 Å². The standard InChI is InChI=1S/C14H22N2O3/c1-16-7-6-12(9-16)15-14(19)11-4-2-10(3-5-11)8-13(17)18/h8,11-12H,2-7,9H2,1H3,(H,15,19)(H,17,18). The molecule has 2 N–H and O–H groups in total. The minimum absolute atomic E-state index is 0.0526. The van der Waals surface area contributed by atoms with Gasteiger partial charge in [-0.05, 0) is 45.7 Å². The minimum atomic E-state index is -0.883. The average Bonchev–Trinajstić information content (AvgIpc) is 2.75. The Labute approximate surface area is 113 Å². The molecular weight excluding hydrogens is 244 g/mol. The van der Waals surface area contributed by atoms with Gasteiger partial charge in [0.2, 0.25) is 5.91 Å². The van der Waals surface area contributed by atoms with Crippen LogP contribution in [0.4, 0.5) is 0 Å². The fourth-order valence-electron chi connectivity index (χ4n) is 2.94. The molecule has 1 saturated heterocycles. The van der Waals surface area contributed by atoms with Gasteiger partial charge in [0.25, 0.3) is 0 Å². The first kappa shape index (κ1) is 14.1. The molecule has 5 heteroatoms. The summed E-state index contributed by atoms with van der Waals surface area (Å²) in [6, 6.07) is 0.286. The molecule has 2 rings (SSSR count). The third kappa shape index (κ3) is 4.06. The van der Waals surface area contributed by atoms with E-state index in [0.29, 0.717) is 0 Å². The summed E-state index contributed by atoms with van der Waals surface area (Å²) in [5, 5.41) is 11.8. The van der Waals surface area contributed by atoms with E-state index in [1.165, 1.54) is 6.08 Å². The van der Waals surface area contributed by atoms with Gasteiger partial charge >= 0.3 is 5.97 Å². The molecule has 0 spiro atoms. The predicted octanol–water partition coefficient (Wildman–Crippen LogP) is 1.01. The Morgan fingerprint density at radius 3 is 2.53 bits per heavy atom. The number of hydrogen-bond acceptors (Lipinski definition) is 3. The molecule has 0 aromatic heterocycles. The molecule has 0 aromatic rings. The SMILES string of the molecule is CN1CCC(NC(=O)C2CCC(=CC(=O)O)CC2)C1. The highest BCUT2D eigenvalue weighted by molar-refractivity contribution is 5.81. The highest BCUT2D eigenvalue weighted by Gasteiger charge is 2.27. The van der Waals surface area contributed by atoms with Crippen LogP contribution >= 0.6 is 0 Å². The van der Waals surface area contributed by atoms with Gasteiger partial charge in [0, 0.05) is 24.6 Å². The quantitative estimate of drug-likeness (QED) is 0.748. The van der Waals surface area contributed by atoms with Gasteiger partial charge in [-0.25, -0.2) is 4.79 Å². The van der Waals surface area contributed by atoms with Gasteiger partial charge in [-0.15, -0.1) is 0 Å². The summed E-state index contributed by atoms with van der Waals surface area (Å²) in [6.45, 7) is 1.98. The fraction of sp³-hybridized carbons (Fsp3) is 0.714. The zero-order valence-electron chi connectivity index (χ0n) is 11.4. The van der Waals surface area contributed by atoms with E-state index in [1.807, 2.05) is 0 Å². The zero-order valence-corrected chi connectivity index (χ0v) is 11.4. The largest absolute Gasteiger partial charge is 0.478 e. The number of rotatable bonds is 3. The molecular formula is C14H22N2O3. The fourth-order valence-corrected chi connectivity index (χ4v) is 2.94. The van der Waals surface area contributed by atoms with Crippen molar-refractivity contribution < 1.29 is 14.7 Å². The summed E-state index contributed by atoms with van der Waals surface area (Å²) >= 11 is 0. The van der Waals surface area contributed by atoms with Crippen LogP contribution in [-0.4, -0.2) is 48.1 Å². The van der Waals surface area contributed by atoms with Crippen molar-refractivity contribution in [1.29, 1.82) is 0 Å². The smallest absolute Gasteiger partial charge is 0.328 e. The normalized spacial score (nSPS) is 28.2. The van der Waals surface area contributed by atoms with Crippen molar-refractivity contribution in [3.8, 4) is 0 Å². The molecule has 2 aliphatic rings. The molecule has 1 unspecified atom stereocenters. The van der Waals surface area contributed by atoms with Crippen LogP contribution in [0.5, 0.6) is 0 Å². The van der Waals surface area contributed by atoms with Crippen molar-refractivity contribution in [2.45, 2.75) is 38.1 Å². The number of allylic oxidation sites excluding steroid dienone is 1. The van der Waals surface area contributed by atoms with Crippen LogP contribution in [0.25, 0.3) is 0 Å². The molecule has 1 aliphatic carbocycles. The monoisotopic (exact) mass is 266 g/mol. The number of nitrogens with zero attached hydrogens (tertiary/aromatic N) is 1. The van der Waals surface area contributed by atoms with E-state index in [-0.39, 0.29) is 17.9 Å². The number of amides is 1. The molecule has 1 amide bonds. The van der Waals surface area contributed by atoms with E-state index in [2.05, 4.69) is 17.3 Å². The van der Waals surface area contributed by atoms with Crippen LogP contribution in [0.2, 0.25) is 0 Å². The maximum absolute atomic E-state index is 12.1. The summed E-state index contributed by atoms with van der Waals surface area (Å²) in [5.74, 6) is -0.682. The van der Waals surface area contributed by atoms with Crippen LogP contribution in [0, 0.1) is 5.92 Å². The van der Waals surface area contributed by atoms with E-state index in [4.69, 9.17) is 5.11 Å². The Morgan fingerprint density at radius 2 is 2.00 bits per heavy atom. The Balaban J connectivity index is 1.78. The van der Waals surface area contributed by atoms with E-state index in [9.17, 15) is 9.59 Å². The van der Waals surface area contributed by atoms with Gasteiger partial charge in [0.15, 0.2) is 0 Å². The third-order valence-electron chi connectivity index (χ3n) is 4.06. The number of carboxylic acids is 1.